The quantitative estimate of drug-likeness (QED) is 0.586. The maximum Gasteiger partial charge on any atom is 0.309 e. The number of hydrogen-bond acceptors (Lipinski definition) is 4. The van der Waals surface area contributed by atoms with Gasteiger partial charge >= 0.3 is 11.9 Å². The summed E-state index contributed by atoms with van der Waals surface area (Å²) >= 11 is 0. The van der Waals surface area contributed by atoms with Gasteiger partial charge in [0.15, 0.2) is 0 Å². The Kier molecular flexibility index (Phi) is 3.08. The standard InChI is InChI=1S/C8H12O4/c1-2-11-8(10)5-6-3-4-7(9)12-6/h6H,2-5H2,1H3/t6-/m1/s1. The van der Waals surface area contributed by atoms with E-state index in [-0.39, 0.29) is 24.5 Å². The van der Waals surface area contributed by atoms with Gasteiger partial charge in [0, 0.05) is 6.42 Å². The van der Waals surface area contributed by atoms with Crippen LogP contribution in [0.15, 0.2) is 0 Å². The minimum Gasteiger partial charge on any atom is -0.466 e. The maximum absolute atomic E-state index is 10.9. The highest BCUT2D eigenvalue weighted by atomic mass is 16.6. The van der Waals surface area contributed by atoms with Crippen LogP contribution in [-0.4, -0.2) is 24.6 Å². The van der Waals surface area contributed by atoms with Crippen molar-refractivity contribution in [2.45, 2.75) is 32.3 Å². The summed E-state index contributed by atoms with van der Waals surface area (Å²) in [6.45, 7) is 2.12. The van der Waals surface area contributed by atoms with Crippen LogP contribution < -0.4 is 0 Å². The summed E-state index contributed by atoms with van der Waals surface area (Å²) in [7, 11) is 0. The van der Waals surface area contributed by atoms with Crippen molar-refractivity contribution in [1.29, 1.82) is 0 Å². The Morgan fingerprint density at radius 1 is 1.75 bits per heavy atom. The molecule has 1 fully saturated rings. The Balaban J connectivity index is 2.23. The zero-order valence-corrected chi connectivity index (χ0v) is 7.04. The minimum atomic E-state index is -0.294. The highest BCUT2D eigenvalue weighted by molar-refractivity contribution is 5.74. The lowest BCUT2D eigenvalue weighted by molar-refractivity contribution is -0.149. The molecule has 1 atom stereocenters. The van der Waals surface area contributed by atoms with Gasteiger partial charge in [-0.1, -0.05) is 0 Å². The van der Waals surface area contributed by atoms with Crippen LogP contribution in [0, 0.1) is 0 Å². The summed E-state index contributed by atoms with van der Waals surface area (Å²) < 4.78 is 9.55. The molecule has 0 aromatic carbocycles. The molecule has 0 unspecified atom stereocenters. The zero-order valence-electron chi connectivity index (χ0n) is 7.04. The number of esters is 2. The van der Waals surface area contributed by atoms with Crippen LogP contribution >= 0.6 is 0 Å². The second kappa shape index (κ2) is 4.09. The Bertz CT molecular complexity index is 187. The number of carbonyl (C=O) groups is 2. The molecule has 0 aromatic heterocycles. The molecule has 1 aliphatic rings. The molecule has 0 saturated carbocycles. The van der Waals surface area contributed by atoms with Gasteiger partial charge in [0.1, 0.15) is 6.10 Å². The highest BCUT2D eigenvalue weighted by Gasteiger charge is 2.25. The predicted octanol–water partition coefficient (Wildman–Crippen LogP) is 0.645. The van der Waals surface area contributed by atoms with Crippen LogP contribution in [0.4, 0.5) is 0 Å². The van der Waals surface area contributed by atoms with Gasteiger partial charge < -0.3 is 9.47 Å². The van der Waals surface area contributed by atoms with Gasteiger partial charge in [-0.25, -0.2) is 0 Å². The SMILES string of the molecule is CCOC(=O)C[C@H]1CCC(=O)O1. The second-order valence-electron chi connectivity index (χ2n) is 2.66. The smallest absolute Gasteiger partial charge is 0.309 e. The Morgan fingerprint density at radius 3 is 3.00 bits per heavy atom. The fourth-order valence-corrected chi connectivity index (χ4v) is 1.13. The molecule has 0 radical (unpaired) electrons. The molecule has 1 rings (SSSR count). The number of carbonyl (C=O) groups excluding carboxylic acids is 2. The van der Waals surface area contributed by atoms with E-state index in [1.807, 2.05) is 0 Å². The van der Waals surface area contributed by atoms with Gasteiger partial charge in [-0.3, -0.25) is 9.59 Å². The fraction of sp³-hybridized carbons (Fsp3) is 0.750. The van der Waals surface area contributed by atoms with E-state index in [0.29, 0.717) is 19.4 Å². The first-order valence-corrected chi connectivity index (χ1v) is 4.07. The summed E-state index contributed by atoms with van der Waals surface area (Å²) in [5.41, 5.74) is 0. The van der Waals surface area contributed by atoms with Crippen molar-refractivity contribution in [3.63, 3.8) is 0 Å². The minimum absolute atomic E-state index is 0.194. The van der Waals surface area contributed by atoms with Crippen molar-refractivity contribution in [3.05, 3.63) is 0 Å². The molecule has 0 spiro atoms. The van der Waals surface area contributed by atoms with Crippen LogP contribution in [0.5, 0.6) is 0 Å². The van der Waals surface area contributed by atoms with E-state index >= 15 is 0 Å². The third-order valence-corrected chi connectivity index (χ3v) is 1.67. The molecule has 0 bridgehead atoms. The monoisotopic (exact) mass is 172 g/mol. The average molecular weight is 172 g/mol. The maximum atomic E-state index is 10.9. The number of hydrogen-bond donors (Lipinski definition) is 0. The molecule has 1 heterocycles. The highest BCUT2D eigenvalue weighted by Crippen LogP contribution is 2.16. The lowest BCUT2D eigenvalue weighted by Crippen LogP contribution is -2.15. The van der Waals surface area contributed by atoms with Crippen molar-refractivity contribution in [1.82, 2.24) is 0 Å². The van der Waals surface area contributed by atoms with Gasteiger partial charge in [-0.05, 0) is 13.3 Å². The molecule has 0 aliphatic carbocycles. The molecule has 12 heavy (non-hydrogen) atoms. The van der Waals surface area contributed by atoms with Crippen molar-refractivity contribution < 1.29 is 19.1 Å². The molecule has 1 aliphatic heterocycles. The molecule has 4 heteroatoms. The van der Waals surface area contributed by atoms with E-state index in [1.165, 1.54) is 0 Å². The molecule has 0 amide bonds. The topological polar surface area (TPSA) is 52.6 Å². The van der Waals surface area contributed by atoms with Gasteiger partial charge in [-0.15, -0.1) is 0 Å². The van der Waals surface area contributed by atoms with Crippen LogP contribution in [0.2, 0.25) is 0 Å². The van der Waals surface area contributed by atoms with E-state index < -0.39 is 0 Å². The third kappa shape index (κ3) is 2.53. The van der Waals surface area contributed by atoms with Crippen LogP contribution in [0.1, 0.15) is 26.2 Å². The predicted molar refractivity (Wildman–Crippen MR) is 40.4 cm³/mol. The fourth-order valence-electron chi connectivity index (χ4n) is 1.13. The summed E-state index contributed by atoms with van der Waals surface area (Å²) in [6.07, 6.45) is 0.998. The molecule has 68 valence electrons. The first-order chi connectivity index (χ1) is 5.72. The first kappa shape index (κ1) is 9.03. The summed E-state index contributed by atoms with van der Waals surface area (Å²) in [4.78, 5) is 21.5. The van der Waals surface area contributed by atoms with E-state index in [4.69, 9.17) is 9.47 Å². The van der Waals surface area contributed by atoms with Crippen molar-refractivity contribution in [3.8, 4) is 0 Å². The van der Waals surface area contributed by atoms with Crippen LogP contribution in [-0.2, 0) is 19.1 Å². The lowest BCUT2D eigenvalue weighted by atomic mass is 10.2. The summed E-state index contributed by atoms with van der Waals surface area (Å²) in [5, 5.41) is 0. The molecular formula is C8H12O4. The van der Waals surface area contributed by atoms with Crippen molar-refractivity contribution >= 4 is 11.9 Å². The normalized spacial score (nSPS) is 22.1. The number of cyclic esters (lactones) is 1. The van der Waals surface area contributed by atoms with E-state index in [9.17, 15) is 9.59 Å². The molecular weight excluding hydrogens is 160 g/mol. The van der Waals surface area contributed by atoms with Gasteiger partial charge in [0.25, 0.3) is 0 Å². The van der Waals surface area contributed by atoms with E-state index in [1.54, 1.807) is 6.92 Å². The molecule has 0 aromatic rings. The van der Waals surface area contributed by atoms with E-state index in [0.717, 1.165) is 0 Å². The largest absolute Gasteiger partial charge is 0.466 e. The lowest BCUT2D eigenvalue weighted by Gasteiger charge is -2.07. The first-order valence-electron chi connectivity index (χ1n) is 4.07. The zero-order chi connectivity index (χ0) is 8.97. The number of ether oxygens (including phenoxy) is 2. The number of rotatable bonds is 3. The molecule has 1 saturated heterocycles. The van der Waals surface area contributed by atoms with Gasteiger partial charge in [-0.2, -0.15) is 0 Å². The average Bonchev–Trinajstić information content (AvgIpc) is 2.36. The van der Waals surface area contributed by atoms with Gasteiger partial charge in [0.2, 0.25) is 0 Å². The third-order valence-electron chi connectivity index (χ3n) is 1.67. The van der Waals surface area contributed by atoms with Gasteiger partial charge in [0.05, 0.1) is 13.0 Å². The second-order valence-corrected chi connectivity index (χ2v) is 2.66. The van der Waals surface area contributed by atoms with Crippen molar-refractivity contribution in [2.75, 3.05) is 6.61 Å². The molecule has 4 nitrogen and oxygen atoms in total. The Hall–Kier alpha value is -1.06. The van der Waals surface area contributed by atoms with Crippen LogP contribution in [0.25, 0.3) is 0 Å². The van der Waals surface area contributed by atoms with Crippen LogP contribution in [0.3, 0.4) is 0 Å². The Morgan fingerprint density at radius 2 is 2.50 bits per heavy atom. The Labute approximate surface area is 70.8 Å². The van der Waals surface area contributed by atoms with Crippen molar-refractivity contribution in [2.24, 2.45) is 0 Å². The summed E-state index contributed by atoms with van der Waals surface area (Å²) in [6, 6.07) is 0. The molecule has 0 N–H and O–H groups in total. The van der Waals surface area contributed by atoms with E-state index in [2.05, 4.69) is 0 Å². The summed E-state index contributed by atoms with van der Waals surface area (Å²) in [5.74, 6) is -0.513.